The van der Waals surface area contributed by atoms with Crippen LogP contribution in [0.5, 0.6) is 5.75 Å². The number of ether oxygens (including phenoxy) is 1. The van der Waals surface area contributed by atoms with E-state index in [1.54, 1.807) is 25.6 Å². The topological polar surface area (TPSA) is 86.0 Å². The van der Waals surface area contributed by atoms with Crippen LogP contribution in [-0.4, -0.2) is 29.1 Å². The van der Waals surface area contributed by atoms with Gasteiger partial charge >= 0.3 is 0 Å². The van der Waals surface area contributed by atoms with Gasteiger partial charge in [-0.3, -0.25) is 4.98 Å². The highest BCUT2D eigenvalue weighted by Crippen LogP contribution is 2.36. The minimum absolute atomic E-state index is 0.586. The molecule has 31 heavy (non-hydrogen) atoms. The fraction of sp³-hybridized carbons (Fsp3) is 0.0800. The highest BCUT2D eigenvalue weighted by atomic mass is 16.5. The third-order valence-electron chi connectivity index (χ3n) is 5.01. The molecular formula is C25H23N5O. The number of anilines is 1. The fourth-order valence-electron chi connectivity index (χ4n) is 3.45. The van der Waals surface area contributed by atoms with Gasteiger partial charge in [0.05, 0.1) is 7.11 Å². The molecule has 4 rings (SSSR count). The first-order chi connectivity index (χ1) is 15.1. The highest BCUT2D eigenvalue weighted by Gasteiger charge is 2.15. The molecule has 0 radical (unpaired) electrons. The van der Waals surface area contributed by atoms with E-state index in [4.69, 9.17) is 20.4 Å². The monoisotopic (exact) mass is 409 g/mol. The molecule has 3 N–H and O–H groups in total. The van der Waals surface area contributed by atoms with Crippen molar-refractivity contribution in [2.45, 2.75) is 0 Å². The fourth-order valence-corrected chi connectivity index (χ4v) is 3.45. The molecule has 0 aliphatic heterocycles. The zero-order valence-corrected chi connectivity index (χ0v) is 17.5. The van der Waals surface area contributed by atoms with Crippen molar-refractivity contribution in [2.24, 2.45) is 5.73 Å². The van der Waals surface area contributed by atoms with Gasteiger partial charge in [-0.2, -0.15) is 0 Å². The number of fused-ring (bicyclic) bond motifs is 1. The molecule has 0 aliphatic carbocycles. The zero-order chi connectivity index (χ0) is 21.8. The van der Waals surface area contributed by atoms with Gasteiger partial charge in [0.2, 0.25) is 0 Å². The Morgan fingerprint density at radius 2 is 1.90 bits per heavy atom. The summed E-state index contributed by atoms with van der Waals surface area (Å²) in [5.74, 6) is 1.97. The molecule has 6 heteroatoms. The number of allylic oxidation sites excluding steroid dienone is 2. The Hall–Kier alpha value is -4.19. The summed E-state index contributed by atoms with van der Waals surface area (Å²) >= 11 is 0. The summed E-state index contributed by atoms with van der Waals surface area (Å²) in [4.78, 5) is 13.7. The number of nitrogens with two attached hydrogens (primary N) is 1. The third-order valence-corrected chi connectivity index (χ3v) is 5.01. The molecule has 2 aromatic heterocycles. The second-order valence-corrected chi connectivity index (χ2v) is 6.93. The van der Waals surface area contributed by atoms with Crippen LogP contribution in [0.25, 0.3) is 39.0 Å². The van der Waals surface area contributed by atoms with Crippen LogP contribution in [0.1, 0.15) is 5.56 Å². The Balaban J connectivity index is 1.90. The van der Waals surface area contributed by atoms with Crippen LogP contribution in [0.3, 0.4) is 0 Å². The summed E-state index contributed by atoms with van der Waals surface area (Å²) < 4.78 is 5.72. The van der Waals surface area contributed by atoms with Gasteiger partial charge in [-0.1, -0.05) is 24.8 Å². The molecule has 6 nitrogen and oxygen atoms in total. The van der Waals surface area contributed by atoms with E-state index < -0.39 is 0 Å². The van der Waals surface area contributed by atoms with Crippen LogP contribution in [0.15, 0.2) is 79.8 Å². The second kappa shape index (κ2) is 8.67. The minimum atomic E-state index is 0.586. The van der Waals surface area contributed by atoms with Gasteiger partial charge in [0.1, 0.15) is 17.1 Å². The Morgan fingerprint density at radius 1 is 1.06 bits per heavy atom. The van der Waals surface area contributed by atoms with E-state index in [1.165, 1.54) is 6.20 Å². The molecule has 0 fully saturated rings. The average molecular weight is 409 g/mol. The quantitative estimate of drug-likeness (QED) is 0.441. The molecule has 0 bridgehead atoms. The first kappa shape index (κ1) is 20.1. The molecule has 0 atom stereocenters. The summed E-state index contributed by atoms with van der Waals surface area (Å²) in [5, 5.41) is 4.06. The van der Waals surface area contributed by atoms with Crippen molar-refractivity contribution in [3.8, 4) is 28.3 Å². The van der Waals surface area contributed by atoms with Crippen LogP contribution in [0.2, 0.25) is 0 Å². The number of aromatic nitrogens is 3. The maximum atomic E-state index is 5.72. The number of hydrogen-bond acceptors (Lipinski definition) is 6. The molecule has 154 valence electrons. The van der Waals surface area contributed by atoms with Crippen molar-refractivity contribution >= 4 is 22.3 Å². The number of methoxy groups -OCH3 is 1. The standard InChI is InChI=1S/C25H23N5O/c1-16(9-10-26)17-6-4-7-18(12-17)20-13-21-23(22(14-20)31-3)29-24(30-25(21)27-2)19-8-5-11-28-15-19/h4-15H,1,26H2,2-3H3,(H,27,29,30)/b10-9-. The first-order valence-corrected chi connectivity index (χ1v) is 9.80. The molecule has 0 aliphatic rings. The summed E-state index contributed by atoms with van der Waals surface area (Å²) in [6.07, 6.45) is 6.75. The van der Waals surface area contributed by atoms with Crippen molar-refractivity contribution in [3.63, 3.8) is 0 Å². The van der Waals surface area contributed by atoms with Gasteiger partial charge in [-0.05, 0) is 64.9 Å². The van der Waals surface area contributed by atoms with Gasteiger partial charge in [-0.15, -0.1) is 0 Å². The number of benzene rings is 2. The van der Waals surface area contributed by atoms with Crippen LogP contribution >= 0.6 is 0 Å². The third kappa shape index (κ3) is 3.96. The van der Waals surface area contributed by atoms with Gasteiger partial charge in [-0.25, -0.2) is 9.97 Å². The predicted octanol–water partition coefficient (Wildman–Crippen LogP) is 4.89. The second-order valence-electron chi connectivity index (χ2n) is 6.93. The van der Waals surface area contributed by atoms with Crippen molar-refractivity contribution in [2.75, 3.05) is 19.5 Å². The summed E-state index contributed by atoms with van der Waals surface area (Å²) in [6, 6.07) is 16.0. The van der Waals surface area contributed by atoms with Crippen LogP contribution in [0.4, 0.5) is 5.82 Å². The van der Waals surface area contributed by atoms with Gasteiger partial charge in [0.15, 0.2) is 5.82 Å². The molecular weight excluding hydrogens is 386 g/mol. The van der Waals surface area contributed by atoms with Crippen molar-refractivity contribution in [1.29, 1.82) is 0 Å². The van der Waals surface area contributed by atoms with E-state index in [0.717, 1.165) is 44.5 Å². The Morgan fingerprint density at radius 3 is 2.61 bits per heavy atom. The lowest BCUT2D eigenvalue weighted by molar-refractivity contribution is 0.419. The number of pyridine rings is 1. The normalized spacial score (nSPS) is 11.0. The van der Waals surface area contributed by atoms with Gasteiger partial charge in [0.25, 0.3) is 0 Å². The van der Waals surface area contributed by atoms with Crippen molar-refractivity contribution in [3.05, 3.63) is 85.3 Å². The number of nitrogens with zero attached hydrogens (tertiary/aromatic N) is 3. The first-order valence-electron chi connectivity index (χ1n) is 9.80. The molecule has 0 spiro atoms. The number of hydrogen-bond donors (Lipinski definition) is 2. The van der Waals surface area contributed by atoms with E-state index in [0.29, 0.717) is 11.6 Å². The summed E-state index contributed by atoms with van der Waals surface area (Å²) in [6.45, 7) is 4.07. The SMILES string of the molecule is C=C(/C=C\N)c1cccc(-c2cc(OC)c3nc(-c4cccnc4)nc(NC)c3c2)c1. The summed E-state index contributed by atoms with van der Waals surface area (Å²) in [5.41, 5.74) is 11.0. The Labute approximate surface area is 181 Å². The van der Waals surface area contributed by atoms with Gasteiger partial charge in [0, 0.05) is 30.4 Å². The predicted molar refractivity (Wildman–Crippen MR) is 127 cm³/mol. The maximum absolute atomic E-state index is 5.72. The molecule has 2 heterocycles. The van der Waals surface area contributed by atoms with Crippen LogP contribution in [0, 0.1) is 0 Å². The van der Waals surface area contributed by atoms with E-state index in [-0.39, 0.29) is 0 Å². The number of rotatable bonds is 6. The minimum Gasteiger partial charge on any atom is -0.494 e. The van der Waals surface area contributed by atoms with Gasteiger partial charge < -0.3 is 15.8 Å². The maximum Gasteiger partial charge on any atom is 0.163 e. The lowest BCUT2D eigenvalue weighted by atomic mass is 9.98. The largest absolute Gasteiger partial charge is 0.494 e. The zero-order valence-electron chi connectivity index (χ0n) is 17.5. The number of nitrogens with one attached hydrogen (secondary N) is 1. The molecule has 0 saturated heterocycles. The van der Waals surface area contributed by atoms with E-state index >= 15 is 0 Å². The van der Waals surface area contributed by atoms with E-state index in [1.807, 2.05) is 43.4 Å². The average Bonchev–Trinajstić information content (AvgIpc) is 2.83. The van der Waals surface area contributed by atoms with Crippen LogP contribution < -0.4 is 15.8 Å². The molecule has 0 amide bonds. The van der Waals surface area contributed by atoms with E-state index in [2.05, 4.69) is 29.0 Å². The van der Waals surface area contributed by atoms with Crippen molar-refractivity contribution < 1.29 is 4.74 Å². The smallest absolute Gasteiger partial charge is 0.163 e. The Bertz CT molecular complexity index is 1280. The molecule has 0 saturated carbocycles. The summed E-state index contributed by atoms with van der Waals surface area (Å²) in [7, 11) is 3.49. The lowest BCUT2D eigenvalue weighted by Gasteiger charge is -2.14. The van der Waals surface area contributed by atoms with Crippen molar-refractivity contribution in [1.82, 2.24) is 15.0 Å². The molecule has 2 aromatic carbocycles. The molecule has 4 aromatic rings. The van der Waals surface area contributed by atoms with E-state index in [9.17, 15) is 0 Å². The lowest BCUT2D eigenvalue weighted by Crippen LogP contribution is -2.01. The Kier molecular flexibility index (Phi) is 5.62. The van der Waals surface area contributed by atoms with Crippen LogP contribution in [-0.2, 0) is 0 Å². The highest BCUT2D eigenvalue weighted by molar-refractivity contribution is 5.98. The molecule has 0 unspecified atom stereocenters.